The first-order chi connectivity index (χ1) is 9.67. The van der Waals surface area contributed by atoms with E-state index in [1.807, 2.05) is 6.92 Å². The number of amides is 1. The van der Waals surface area contributed by atoms with Crippen molar-refractivity contribution in [2.75, 3.05) is 19.7 Å². The van der Waals surface area contributed by atoms with E-state index < -0.39 is 0 Å². The Balaban J connectivity index is 1.77. The number of ether oxygens (including phenoxy) is 1. The highest BCUT2D eigenvalue weighted by Gasteiger charge is 2.35. The fraction of sp³-hybridized carbons (Fsp3) is 0.938. The molecule has 2 rings (SSSR count). The van der Waals surface area contributed by atoms with Crippen LogP contribution in [0.4, 0.5) is 0 Å². The van der Waals surface area contributed by atoms with E-state index in [9.17, 15) is 4.79 Å². The second-order valence-electron chi connectivity index (χ2n) is 6.39. The van der Waals surface area contributed by atoms with Crippen LogP contribution in [0.1, 0.15) is 52.4 Å². The summed E-state index contributed by atoms with van der Waals surface area (Å²) in [6, 6.07) is 0.268. The number of hydrogen-bond acceptors (Lipinski definition) is 3. The van der Waals surface area contributed by atoms with Crippen molar-refractivity contribution in [3.63, 3.8) is 0 Å². The number of hydrogen-bond donors (Lipinski definition) is 1. The zero-order valence-corrected chi connectivity index (χ0v) is 13.0. The van der Waals surface area contributed by atoms with Crippen LogP contribution in [0.2, 0.25) is 0 Å². The van der Waals surface area contributed by atoms with Crippen molar-refractivity contribution in [3.05, 3.63) is 0 Å². The molecule has 4 nitrogen and oxygen atoms in total. The summed E-state index contributed by atoms with van der Waals surface area (Å²) < 4.78 is 5.56. The molecule has 1 heterocycles. The Morgan fingerprint density at radius 2 is 2.00 bits per heavy atom. The van der Waals surface area contributed by atoms with Crippen LogP contribution in [-0.2, 0) is 9.53 Å². The number of carbonyl (C=O) groups is 1. The molecule has 0 spiro atoms. The Labute approximate surface area is 123 Å². The number of carbonyl (C=O) groups excluding carboxylic acids is 1. The topological polar surface area (TPSA) is 55.6 Å². The van der Waals surface area contributed by atoms with Crippen molar-refractivity contribution in [2.24, 2.45) is 17.6 Å². The molecule has 2 aliphatic rings. The van der Waals surface area contributed by atoms with Crippen molar-refractivity contribution in [2.45, 2.75) is 64.5 Å². The first-order valence-corrected chi connectivity index (χ1v) is 8.29. The van der Waals surface area contributed by atoms with Gasteiger partial charge in [-0.15, -0.1) is 0 Å². The molecule has 0 aromatic rings. The molecule has 1 aliphatic carbocycles. The summed E-state index contributed by atoms with van der Waals surface area (Å²) in [5, 5.41) is 0. The summed E-state index contributed by atoms with van der Waals surface area (Å²) >= 11 is 0. The van der Waals surface area contributed by atoms with Crippen LogP contribution in [0.25, 0.3) is 0 Å². The summed E-state index contributed by atoms with van der Waals surface area (Å²) in [5.41, 5.74) is 5.87. The highest BCUT2D eigenvalue weighted by atomic mass is 16.5. The summed E-state index contributed by atoms with van der Waals surface area (Å²) in [6.07, 6.45) is 6.63. The second kappa shape index (κ2) is 7.41. The van der Waals surface area contributed by atoms with Crippen LogP contribution in [0, 0.1) is 11.8 Å². The van der Waals surface area contributed by atoms with Crippen LogP contribution in [0.15, 0.2) is 0 Å². The molecule has 2 atom stereocenters. The van der Waals surface area contributed by atoms with E-state index in [0.29, 0.717) is 30.9 Å². The summed E-state index contributed by atoms with van der Waals surface area (Å²) in [6.45, 7) is 6.56. The molecular weight excluding hydrogens is 252 g/mol. The summed E-state index contributed by atoms with van der Waals surface area (Å²) in [4.78, 5) is 14.5. The van der Waals surface area contributed by atoms with Gasteiger partial charge in [-0.05, 0) is 44.4 Å². The number of nitrogens with two attached hydrogens (primary N) is 1. The first kappa shape index (κ1) is 15.8. The minimum atomic E-state index is 0.268. The SMILES string of the molecule is CCOC1CC(CC(=O)N2CCC(CC)CC2CN)C1. The highest BCUT2D eigenvalue weighted by Crippen LogP contribution is 2.34. The van der Waals surface area contributed by atoms with Gasteiger partial charge in [0.05, 0.1) is 6.10 Å². The standard InChI is InChI=1S/C16H30N2O2/c1-3-12-5-6-18(14(7-12)11-17)16(19)10-13-8-15(9-13)20-4-2/h12-15H,3-11,17H2,1-2H3. The lowest BCUT2D eigenvalue weighted by atomic mass is 9.79. The van der Waals surface area contributed by atoms with Crippen LogP contribution in [-0.4, -0.2) is 42.6 Å². The molecule has 2 unspecified atom stereocenters. The average molecular weight is 282 g/mol. The fourth-order valence-electron chi connectivity index (χ4n) is 3.63. The third-order valence-electron chi connectivity index (χ3n) is 5.05. The van der Waals surface area contributed by atoms with E-state index in [2.05, 4.69) is 11.8 Å². The first-order valence-electron chi connectivity index (χ1n) is 8.29. The zero-order valence-electron chi connectivity index (χ0n) is 13.0. The number of piperidine rings is 1. The van der Waals surface area contributed by atoms with Crippen molar-refractivity contribution in [1.29, 1.82) is 0 Å². The molecule has 0 aromatic heterocycles. The van der Waals surface area contributed by atoms with Crippen LogP contribution in [0.3, 0.4) is 0 Å². The lowest BCUT2D eigenvalue weighted by Gasteiger charge is -2.41. The summed E-state index contributed by atoms with van der Waals surface area (Å²) in [7, 11) is 0. The molecule has 1 aliphatic heterocycles. The normalized spacial score (nSPS) is 33.9. The van der Waals surface area contributed by atoms with E-state index >= 15 is 0 Å². The molecule has 1 amide bonds. The van der Waals surface area contributed by atoms with Gasteiger partial charge in [0.25, 0.3) is 0 Å². The van der Waals surface area contributed by atoms with Gasteiger partial charge in [0.1, 0.15) is 0 Å². The molecule has 116 valence electrons. The van der Waals surface area contributed by atoms with Crippen molar-refractivity contribution < 1.29 is 9.53 Å². The van der Waals surface area contributed by atoms with Crippen molar-refractivity contribution in [1.82, 2.24) is 4.90 Å². The molecule has 1 saturated heterocycles. The Morgan fingerprint density at radius 3 is 2.60 bits per heavy atom. The predicted molar refractivity (Wildman–Crippen MR) is 80.3 cm³/mol. The second-order valence-corrected chi connectivity index (χ2v) is 6.39. The molecule has 20 heavy (non-hydrogen) atoms. The third-order valence-corrected chi connectivity index (χ3v) is 5.05. The monoisotopic (exact) mass is 282 g/mol. The minimum Gasteiger partial charge on any atom is -0.378 e. The van der Waals surface area contributed by atoms with Gasteiger partial charge in [-0.1, -0.05) is 13.3 Å². The predicted octanol–water partition coefficient (Wildman–Crippen LogP) is 2.17. The molecule has 1 saturated carbocycles. The lowest BCUT2D eigenvalue weighted by Crippen LogP contribution is -2.50. The molecule has 2 fully saturated rings. The van der Waals surface area contributed by atoms with Crippen molar-refractivity contribution in [3.8, 4) is 0 Å². The van der Waals surface area contributed by atoms with Gasteiger partial charge in [0, 0.05) is 32.2 Å². The van der Waals surface area contributed by atoms with Gasteiger partial charge >= 0.3 is 0 Å². The fourth-order valence-corrected chi connectivity index (χ4v) is 3.63. The molecule has 0 radical (unpaired) electrons. The van der Waals surface area contributed by atoms with Gasteiger partial charge in [0.15, 0.2) is 0 Å². The van der Waals surface area contributed by atoms with Gasteiger partial charge in [-0.3, -0.25) is 4.79 Å². The summed E-state index contributed by atoms with van der Waals surface area (Å²) in [5.74, 6) is 1.59. The lowest BCUT2D eigenvalue weighted by molar-refractivity contribution is -0.138. The van der Waals surface area contributed by atoms with Crippen LogP contribution >= 0.6 is 0 Å². The van der Waals surface area contributed by atoms with Crippen molar-refractivity contribution >= 4 is 5.91 Å². The molecule has 0 aromatic carbocycles. The molecule has 2 N–H and O–H groups in total. The number of likely N-dealkylation sites (tertiary alicyclic amines) is 1. The minimum absolute atomic E-state index is 0.268. The highest BCUT2D eigenvalue weighted by molar-refractivity contribution is 5.77. The van der Waals surface area contributed by atoms with E-state index in [1.165, 1.54) is 6.42 Å². The van der Waals surface area contributed by atoms with Crippen LogP contribution in [0.5, 0.6) is 0 Å². The average Bonchev–Trinajstić information content (AvgIpc) is 2.44. The molecule has 0 bridgehead atoms. The zero-order chi connectivity index (χ0) is 14.5. The van der Waals surface area contributed by atoms with Gasteiger partial charge in [0.2, 0.25) is 5.91 Å². The Kier molecular flexibility index (Phi) is 5.85. The maximum absolute atomic E-state index is 12.5. The van der Waals surface area contributed by atoms with Gasteiger partial charge in [-0.2, -0.15) is 0 Å². The van der Waals surface area contributed by atoms with E-state index in [0.717, 1.165) is 44.8 Å². The Bertz CT molecular complexity index is 316. The maximum atomic E-state index is 12.5. The molecular formula is C16H30N2O2. The third kappa shape index (κ3) is 3.73. The molecule has 4 heteroatoms. The van der Waals surface area contributed by atoms with E-state index in [-0.39, 0.29) is 6.04 Å². The number of rotatable bonds is 6. The van der Waals surface area contributed by atoms with E-state index in [4.69, 9.17) is 10.5 Å². The van der Waals surface area contributed by atoms with Gasteiger partial charge in [-0.25, -0.2) is 0 Å². The van der Waals surface area contributed by atoms with E-state index in [1.54, 1.807) is 0 Å². The Morgan fingerprint density at radius 1 is 1.25 bits per heavy atom. The number of nitrogens with zero attached hydrogens (tertiary/aromatic N) is 1. The maximum Gasteiger partial charge on any atom is 0.223 e. The van der Waals surface area contributed by atoms with Gasteiger partial charge < -0.3 is 15.4 Å². The van der Waals surface area contributed by atoms with Crippen LogP contribution < -0.4 is 5.73 Å². The largest absolute Gasteiger partial charge is 0.378 e. The Hall–Kier alpha value is -0.610. The quantitative estimate of drug-likeness (QED) is 0.812. The smallest absolute Gasteiger partial charge is 0.223 e.